The van der Waals surface area contributed by atoms with Gasteiger partial charge in [0.1, 0.15) is 11.4 Å². The van der Waals surface area contributed by atoms with Crippen molar-refractivity contribution >= 4 is 11.6 Å². The number of rotatable bonds is 4. The molecule has 2 rings (SSSR count). The topological polar surface area (TPSA) is 92.5 Å². The number of nitrogens with zero attached hydrogens (tertiary/aromatic N) is 1. The third kappa shape index (κ3) is 2.87. The van der Waals surface area contributed by atoms with Gasteiger partial charge in [-0.1, -0.05) is 0 Å². The summed E-state index contributed by atoms with van der Waals surface area (Å²) in [6, 6.07) is 2.75. The first kappa shape index (κ1) is 13.4. The molecule has 102 valence electrons. The van der Waals surface area contributed by atoms with Gasteiger partial charge >= 0.3 is 0 Å². The summed E-state index contributed by atoms with van der Waals surface area (Å²) in [4.78, 5) is 21.8. The van der Waals surface area contributed by atoms with Crippen molar-refractivity contribution in [2.45, 2.75) is 24.9 Å². The number of nitro benzene ring substituents is 1. The van der Waals surface area contributed by atoms with Crippen LogP contribution in [0.3, 0.4) is 0 Å². The first-order valence-corrected chi connectivity index (χ1v) is 5.86. The number of nitro groups is 1. The Hall–Kier alpha value is -2.02. The lowest BCUT2D eigenvalue weighted by atomic mass is 9.80. The van der Waals surface area contributed by atoms with Gasteiger partial charge in [0.2, 0.25) is 0 Å². The molecule has 0 saturated heterocycles. The molecule has 6 nitrogen and oxygen atoms in total. The molecule has 1 fully saturated rings. The van der Waals surface area contributed by atoms with Crippen LogP contribution in [0.5, 0.6) is 0 Å². The van der Waals surface area contributed by atoms with Crippen LogP contribution in [-0.2, 0) is 0 Å². The summed E-state index contributed by atoms with van der Waals surface area (Å²) in [5, 5.41) is 23.0. The summed E-state index contributed by atoms with van der Waals surface area (Å²) in [7, 11) is 0. The van der Waals surface area contributed by atoms with Crippen LogP contribution in [0, 0.1) is 15.9 Å². The van der Waals surface area contributed by atoms with Gasteiger partial charge in [-0.25, -0.2) is 4.39 Å². The summed E-state index contributed by atoms with van der Waals surface area (Å²) in [6.45, 7) is 0.0420. The molecule has 0 atom stereocenters. The molecule has 0 radical (unpaired) electrons. The van der Waals surface area contributed by atoms with Crippen molar-refractivity contribution in [1.82, 2.24) is 5.32 Å². The first-order valence-electron chi connectivity index (χ1n) is 5.86. The van der Waals surface area contributed by atoms with Gasteiger partial charge in [-0.15, -0.1) is 0 Å². The highest BCUT2D eigenvalue weighted by atomic mass is 19.1. The van der Waals surface area contributed by atoms with Gasteiger partial charge in [0.15, 0.2) is 0 Å². The van der Waals surface area contributed by atoms with Crippen LogP contribution >= 0.6 is 0 Å². The lowest BCUT2D eigenvalue weighted by Gasteiger charge is -2.36. The standard InChI is InChI=1S/C12H13FN2O4/c13-8-2-3-9(10(6-8)15(18)19)11(16)14-7-12(17)4-1-5-12/h2-3,6,17H,1,4-5,7H2,(H,14,16). The maximum Gasteiger partial charge on any atom is 0.285 e. The van der Waals surface area contributed by atoms with Gasteiger partial charge in [-0.3, -0.25) is 14.9 Å². The average molecular weight is 268 g/mol. The molecule has 1 aromatic carbocycles. The van der Waals surface area contributed by atoms with Crippen LogP contribution in [0.4, 0.5) is 10.1 Å². The molecular weight excluding hydrogens is 255 g/mol. The van der Waals surface area contributed by atoms with E-state index in [9.17, 15) is 24.4 Å². The largest absolute Gasteiger partial charge is 0.388 e. The summed E-state index contributed by atoms with van der Waals surface area (Å²) in [5.74, 6) is -1.46. The van der Waals surface area contributed by atoms with Crippen LogP contribution in [0.25, 0.3) is 0 Å². The molecule has 1 aliphatic rings. The van der Waals surface area contributed by atoms with E-state index in [0.717, 1.165) is 18.6 Å². The summed E-state index contributed by atoms with van der Waals surface area (Å²) in [5.41, 5.74) is -1.71. The second-order valence-corrected chi connectivity index (χ2v) is 4.68. The van der Waals surface area contributed by atoms with Crippen molar-refractivity contribution in [1.29, 1.82) is 0 Å². The third-order valence-electron chi connectivity index (χ3n) is 3.26. The van der Waals surface area contributed by atoms with E-state index in [4.69, 9.17) is 0 Å². The Morgan fingerprint density at radius 1 is 1.53 bits per heavy atom. The lowest BCUT2D eigenvalue weighted by Crippen LogP contribution is -2.47. The van der Waals surface area contributed by atoms with Crippen LogP contribution in [-0.4, -0.2) is 28.1 Å². The Balaban J connectivity index is 2.12. The van der Waals surface area contributed by atoms with E-state index in [1.165, 1.54) is 0 Å². The van der Waals surface area contributed by atoms with Crippen LogP contribution in [0.2, 0.25) is 0 Å². The minimum absolute atomic E-state index is 0.0420. The number of aliphatic hydroxyl groups is 1. The second-order valence-electron chi connectivity index (χ2n) is 4.68. The number of benzene rings is 1. The fourth-order valence-corrected chi connectivity index (χ4v) is 1.95. The monoisotopic (exact) mass is 268 g/mol. The van der Waals surface area contributed by atoms with Gasteiger partial charge < -0.3 is 10.4 Å². The van der Waals surface area contributed by atoms with E-state index in [2.05, 4.69) is 5.32 Å². The summed E-state index contributed by atoms with van der Waals surface area (Å²) in [6.07, 6.45) is 2.08. The number of carbonyl (C=O) groups excluding carboxylic acids is 1. The van der Waals surface area contributed by atoms with Crippen molar-refractivity contribution < 1.29 is 19.2 Å². The minimum atomic E-state index is -0.912. The van der Waals surface area contributed by atoms with Crippen molar-refractivity contribution in [2.24, 2.45) is 0 Å². The smallest absolute Gasteiger partial charge is 0.285 e. The van der Waals surface area contributed by atoms with Crippen LogP contribution in [0.1, 0.15) is 29.6 Å². The zero-order valence-electron chi connectivity index (χ0n) is 10.1. The van der Waals surface area contributed by atoms with Crippen molar-refractivity contribution in [3.8, 4) is 0 Å². The molecular formula is C12H13FN2O4. The molecule has 2 N–H and O–H groups in total. The first-order chi connectivity index (χ1) is 8.91. The van der Waals surface area contributed by atoms with Crippen molar-refractivity contribution in [2.75, 3.05) is 6.54 Å². The molecule has 1 amide bonds. The number of halogens is 1. The van der Waals surface area contributed by atoms with E-state index >= 15 is 0 Å². The summed E-state index contributed by atoms with van der Waals surface area (Å²) < 4.78 is 12.9. The Bertz CT molecular complexity index is 528. The highest BCUT2D eigenvalue weighted by Gasteiger charge is 2.35. The zero-order chi connectivity index (χ0) is 14.0. The van der Waals surface area contributed by atoms with Crippen molar-refractivity contribution in [3.63, 3.8) is 0 Å². The van der Waals surface area contributed by atoms with Gasteiger partial charge in [0.25, 0.3) is 11.6 Å². The molecule has 0 heterocycles. The van der Waals surface area contributed by atoms with Crippen LogP contribution in [0.15, 0.2) is 18.2 Å². The highest BCUT2D eigenvalue weighted by Crippen LogP contribution is 2.30. The SMILES string of the molecule is O=C(NCC1(O)CCC1)c1ccc(F)cc1[N+](=O)[O-]. The number of carbonyl (C=O) groups is 1. The molecule has 1 aliphatic carbocycles. The third-order valence-corrected chi connectivity index (χ3v) is 3.26. The molecule has 0 unspecified atom stereocenters. The molecule has 1 aromatic rings. The Labute approximate surface area is 108 Å². The van der Waals surface area contributed by atoms with E-state index in [0.29, 0.717) is 18.9 Å². The number of nitrogens with one attached hydrogen (secondary N) is 1. The molecule has 0 bridgehead atoms. The van der Waals surface area contributed by atoms with E-state index in [1.807, 2.05) is 0 Å². The quantitative estimate of drug-likeness (QED) is 0.637. The van der Waals surface area contributed by atoms with E-state index < -0.39 is 27.9 Å². The average Bonchev–Trinajstić information content (AvgIpc) is 2.33. The maximum atomic E-state index is 12.9. The normalized spacial score (nSPS) is 16.5. The lowest BCUT2D eigenvalue weighted by molar-refractivity contribution is -0.385. The molecule has 7 heteroatoms. The summed E-state index contributed by atoms with van der Waals surface area (Å²) >= 11 is 0. The zero-order valence-corrected chi connectivity index (χ0v) is 10.1. The Morgan fingerprint density at radius 2 is 2.21 bits per heavy atom. The fourth-order valence-electron chi connectivity index (χ4n) is 1.95. The molecule has 0 aromatic heterocycles. The fraction of sp³-hybridized carbons (Fsp3) is 0.417. The van der Waals surface area contributed by atoms with Gasteiger partial charge in [-0.05, 0) is 31.4 Å². The minimum Gasteiger partial charge on any atom is -0.388 e. The maximum absolute atomic E-state index is 12.9. The predicted molar refractivity (Wildman–Crippen MR) is 64.2 cm³/mol. The molecule has 1 saturated carbocycles. The molecule has 0 aliphatic heterocycles. The number of amides is 1. The van der Waals surface area contributed by atoms with Crippen molar-refractivity contribution in [3.05, 3.63) is 39.7 Å². The molecule has 19 heavy (non-hydrogen) atoms. The Morgan fingerprint density at radius 3 is 2.74 bits per heavy atom. The van der Waals surface area contributed by atoms with Gasteiger partial charge in [0.05, 0.1) is 16.6 Å². The second kappa shape index (κ2) is 4.93. The van der Waals surface area contributed by atoms with Gasteiger partial charge in [0, 0.05) is 6.54 Å². The van der Waals surface area contributed by atoms with Gasteiger partial charge in [-0.2, -0.15) is 0 Å². The number of hydrogen-bond acceptors (Lipinski definition) is 4. The van der Waals surface area contributed by atoms with Crippen LogP contribution < -0.4 is 5.32 Å². The van der Waals surface area contributed by atoms with E-state index in [1.54, 1.807) is 0 Å². The number of hydrogen-bond donors (Lipinski definition) is 2. The Kier molecular flexibility index (Phi) is 3.48. The molecule has 0 spiro atoms. The van der Waals surface area contributed by atoms with E-state index in [-0.39, 0.29) is 12.1 Å². The predicted octanol–water partition coefficient (Wildman–Crippen LogP) is 1.38. The highest BCUT2D eigenvalue weighted by molar-refractivity contribution is 5.98.